The van der Waals surface area contributed by atoms with Gasteiger partial charge in [0, 0.05) is 0 Å². The Labute approximate surface area is 215 Å². The van der Waals surface area contributed by atoms with Crippen LogP contribution in [-0.4, -0.2) is 41.6 Å². The standard InChI is InChI=1S/C17H16NO4.3C4H9.Sn/c19-16(20)15(11-13-7-3-1-4-8-13)18-17(21)22-12-14-9-5-2-6-10-14;3*1-3-4-2;/h2-10,15H,11-12H2,(H,18,21)(H,19,20);3*1,3-4H2,2H3;/t15-;;;;/m0..../s1. The number of rotatable bonds is 16. The fourth-order valence-electron chi connectivity index (χ4n) is 4.69. The zero-order valence-electron chi connectivity index (χ0n) is 21.7. The van der Waals surface area contributed by atoms with E-state index in [4.69, 9.17) is 4.74 Å². The van der Waals surface area contributed by atoms with Gasteiger partial charge in [-0.1, -0.05) is 18.2 Å². The average Bonchev–Trinajstić information content (AvgIpc) is 2.88. The molecule has 0 aromatic heterocycles. The summed E-state index contributed by atoms with van der Waals surface area (Å²) in [5.74, 6) is -1.06. The Bertz CT molecular complexity index is 864. The molecule has 35 heavy (non-hydrogen) atoms. The molecule has 0 spiro atoms. The molecule has 0 saturated heterocycles. The summed E-state index contributed by atoms with van der Waals surface area (Å²) >= 11 is -2.51. The van der Waals surface area contributed by atoms with Gasteiger partial charge in [-0.25, -0.2) is 0 Å². The first-order chi connectivity index (χ1) is 16.9. The minimum absolute atomic E-state index is 0.107. The van der Waals surface area contributed by atoms with Crippen LogP contribution >= 0.6 is 0 Å². The maximum atomic E-state index is 12.2. The number of alkyl carbamates (subject to hydrolysis) is 1. The van der Waals surface area contributed by atoms with Gasteiger partial charge in [0.25, 0.3) is 0 Å². The van der Waals surface area contributed by atoms with Crippen LogP contribution in [0.3, 0.4) is 0 Å². The van der Waals surface area contributed by atoms with E-state index in [1.54, 1.807) is 3.58 Å². The molecular weight excluding hydrogens is 545 g/mol. The van der Waals surface area contributed by atoms with Crippen molar-refractivity contribution in [3.8, 4) is 0 Å². The fourth-order valence-corrected chi connectivity index (χ4v) is 20.6. The number of hydrogen-bond donors (Lipinski definition) is 2. The van der Waals surface area contributed by atoms with Crippen molar-refractivity contribution in [2.24, 2.45) is 0 Å². The summed E-state index contributed by atoms with van der Waals surface area (Å²) in [5, 5.41) is 12.2. The van der Waals surface area contributed by atoms with Gasteiger partial charge in [0.1, 0.15) is 0 Å². The number of benzene rings is 2. The number of carbonyl (C=O) groups is 2. The summed E-state index contributed by atoms with van der Waals surface area (Å²) in [5.41, 5.74) is 1.78. The molecule has 0 aliphatic rings. The van der Waals surface area contributed by atoms with Gasteiger partial charge in [-0.3, -0.25) is 0 Å². The molecule has 2 rings (SSSR count). The topological polar surface area (TPSA) is 75.6 Å². The van der Waals surface area contributed by atoms with Gasteiger partial charge in [-0.05, 0) is 0 Å². The van der Waals surface area contributed by atoms with E-state index in [0.29, 0.717) is 0 Å². The molecule has 0 fully saturated rings. The van der Waals surface area contributed by atoms with Crippen molar-refractivity contribution in [2.45, 2.75) is 91.7 Å². The van der Waals surface area contributed by atoms with E-state index >= 15 is 0 Å². The second-order valence-corrected chi connectivity index (χ2v) is 22.8. The van der Waals surface area contributed by atoms with Crippen LogP contribution in [0.5, 0.6) is 0 Å². The Balaban J connectivity index is 2.09. The predicted octanol–water partition coefficient (Wildman–Crippen LogP) is 6.66. The van der Waals surface area contributed by atoms with E-state index in [0.717, 1.165) is 11.1 Å². The second kappa shape index (κ2) is 15.9. The number of carboxylic acid groups (broad SMARTS) is 1. The quantitative estimate of drug-likeness (QED) is 0.215. The van der Waals surface area contributed by atoms with Crippen molar-refractivity contribution in [2.75, 3.05) is 0 Å². The summed E-state index contributed by atoms with van der Waals surface area (Å²) in [7, 11) is 0. The maximum absolute atomic E-state index is 12.2. The molecule has 0 aliphatic carbocycles. The molecule has 0 bridgehead atoms. The van der Waals surface area contributed by atoms with Crippen LogP contribution in [0.25, 0.3) is 0 Å². The van der Waals surface area contributed by atoms with Gasteiger partial charge < -0.3 is 0 Å². The molecule has 2 aromatic carbocycles. The number of nitrogens with one attached hydrogen (secondary N) is 1. The van der Waals surface area contributed by atoms with Gasteiger partial charge in [-0.15, -0.1) is 0 Å². The second-order valence-electron chi connectivity index (χ2n) is 9.59. The first kappa shape index (κ1) is 29.2. The molecule has 0 aliphatic heterocycles. The van der Waals surface area contributed by atoms with Crippen molar-refractivity contribution < 1.29 is 19.4 Å². The van der Waals surface area contributed by atoms with E-state index in [2.05, 4.69) is 50.4 Å². The summed E-state index contributed by atoms with van der Waals surface area (Å²) in [4.78, 5) is 24.1. The molecule has 192 valence electrons. The number of hydrogen-bond acceptors (Lipinski definition) is 3. The zero-order valence-corrected chi connectivity index (χ0v) is 24.6. The van der Waals surface area contributed by atoms with Crippen LogP contribution in [0.2, 0.25) is 13.3 Å². The number of aliphatic carboxylic acids is 1. The SMILES string of the molecule is CCC[CH2][Sn]([CH2]CCC)([CH2]CCC)[c]1ccc(C[C@H](NC(=O)OCc2ccccc2)C(=O)O)cc1. The Hall–Kier alpha value is -2.02. The monoisotopic (exact) mass is 589 g/mol. The van der Waals surface area contributed by atoms with Crippen LogP contribution in [-0.2, 0) is 22.6 Å². The first-order valence-corrected chi connectivity index (χ1v) is 20.7. The van der Waals surface area contributed by atoms with Gasteiger partial charge in [0.05, 0.1) is 0 Å². The van der Waals surface area contributed by atoms with Gasteiger partial charge in [0.15, 0.2) is 0 Å². The molecule has 1 atom stereocenters. The van der Waals surface area contributed by atoms with Crippen LogP contribution in [0.1, 0.15) is 70.4 Å². The van der Waals surface area contributed by atoms with Crippen LogP contribution in [0.15, 0.2) is 54.6 Å². The van der Waals surface area contributed by atoms with E-state index in [1.807, 2.05) is 30.3 Å². The molecule has 0 unspecified atom stereocenters. The number of amides is 1. The van der Waals surface area contributed by atoms with Crippen molar-refractivity contribution in [1.82, 2.24) is 5.32 Å². The van der Waals surface area contributed by atoms with Gasteiger partial charge in [-0.2, -0.15) is 0 Å². The third kappa shape index (κ3) is 9.86. The summed E-state index contributed by atoms with van der Waals surface area (Å²) in [6.45, 7) is 6.95. The molecule has 2 N–H and O–H groups in total. The Kier molecular flexibility index (Phi) is 13.2. The zero-order chi connectivity index (χ0) is 25.5. The van der Waals surface area contributed by atoms with Crippen molar-refractivity contribution in [3.05, 3.63) is 65.7 Å². The van der Waals surface area contributed by atoms with Gasteiger partial charge >= 0.3 is 198 Å². The van der Waals surface area contributed by atoms with Gasteiger partial charge in [0.2, 0.25) is 0 Å². The molecule has 0 radical (unpaired) electrons. The summed E-state index contributed by atoms with van der Waals surface area (Å²) in [6, 6.07) is 17.0. The number of ether oxygens (including phenoxy) is 1. The van der Waals surface area contributed by atoms with Crippen molar-refractivity contribution >= 4 is 34.0 Å². The summed E-state index contributed by atoms with van der Waals surface area (Å²) in [6.07, 6.45) is 7.15. The Morgan fingerprint density at radius 3 is 1.86 bits per heavy atom. The molecule has 5 nitrogen and oxygen atoms in total. The minimum atomic E-state index is -2.51. The van der Waals surface area contributed by atoms with Crippen LogP contribution in [0, 0.1) is 0 Å². The number of unbranched alkanes of at least 4 members (excludes halogenated alkanes) is 3. The fraction of sp³-hybridized carbons (Fsp3) is 0.517. The normalized spacial score (nSPS) is 12.2. The average molecular weight is 588 g/mol. The molecule has 0 saturated carbocycles. The first-order valence-electron chi connectivity index (χ1n) is 13.2. The number of carboxylic acids is 1. The summed E-state index contributed by atoms with van der Waals surface area (Å²) < 4.78 is 11.0. The van der Waals surface area contributed by atoms with E-state index in [9.17, 15) is 14.7 Å². The Morgan fingerprint density at radius 2 is 1.37 bits per heavy atom. The number of carbonyl (C=O) groups excluding carboxylic acids is 1. The third-order valence-corrected chi connectivity index (χ3v) is 22.5. The molecule has 0 heterocycles. The van der Waals surface area contributed by atoms with E-state index in [1.165, 1.54) is 51.8 Å². The van der Waals surface area contributed by atoms with Crippen LogP contribution in [0.4, 0.5) is 4.79 Å². The predicted molar refractivity (Wildman–Crippen MR) is 146 cm³/mol. The molecule has 1 amide bonds. The molecule has 6 heteroatoms. The van der Waals surface area contributed by atoms with Crippen LogP contribution < -0.4 is 8.90 Å². The van der Waals surface area contributed by atoms with E-state index < -0.39 is 36.5 Å². The molecular formula is C29H43NO4Sn. The van der Waals surface area contributed by atoms with Crippen molar-refractivity contribution in [3.63, 3.8) is 0 Å². The Morgan fingerprint density at radius 1 is 0.829 bits per heavy atom. The molecule has 2 aromatic rings. The van der Waals surface area contributed by atoms with Crippen molar-refractivity contribution in [1.29, 1.82) is 0 Å². The third-order valence-electron chi connectivity index (χ3n) is 6.84. The van der Waals surface area contributed by atoms with E-state index in [-0.39, 0.29) is 13.0 Å².